The van der Waals surface area contributed by atoms with E-state index in [1.165, 1.54) is 61.2 Å². The maximum absolute atomic E-state index is 5.99. The second kappa shape index (κ2) is 10.8. The third-order valence-corrected chi connectivity index (χ3v) is 6.16. The minimum atomic E-state index is 0.783. The van der Waals surface area contributed by atoms with E-state index in [0.717, 1.165) is 22.8 Å². The van der Waals surface area contributed by atoms with Crippen molar-refractivity contribution >= 4 is 34.4 Å². The number of benzene rings is 2. The van der Waals surface area contributed by atoms with Gasteiger partial charge in [0.15, 0.2) is 0 Å². The lowest BCUT2D eigenvalue weighted by Gasteiger charge is -2.09. The Balaban J connectivity index is 1.61. The van der Waals surface area contributed by atoms with Crippen molar-refractivity contribution in [3.8, 4) is 0 Å². The number of unbranched alkanes of at least 4 members (excludes halogenated alkanes) is 6. The third kappa shape index (κ3) is 6.02. The van der Waals surface area contributed by atoms with Crippen LogP contribution in [0.15, 0.2) is 53.4 Å². The minimum absolute atomic E-state index is 0.783. The van der Waals surface area contributed by atoms with Crippen molar-refractivity contribution in [2.24, 2.45) is 0 Å². The molecule has 0 fully saturated rings. The number of nitrogens with zero attached hydrogens (tertiary/aromatic N) is 2. The second-order valence-electron chi connectivity index (χ2n) is 7.03. The molecule has 0 N–H and O–H groups in total. The van der Waals surface area contributed by atoms with Crippen molar-refractivity contribution in [3.63, 3.8) is 0 Å². The van der Waals surface area contributed by atoms with E-state index in [1.54, 1.807) is 0 Å². The Kier molecular flexibility index (Phi) is 8.10. The fourth-order valence-corrected chi connectivity index (χ4v) is 4.36. The van der Waals surface area contributed by atoms with Crippen LogP contribution in [0.1, 0.15) is 57.7 Å². The summed E-state index contributed by atoms with van der Waals surface area (Å²) in [7, 11) is 0. The molecule has 0 unspecified atom stereocenters. The Morgan fingerprint density at radius 3 is 2.37 bits per heavy atom. The number of aryl methyl sites for hydroxylation is 1. The molecule has 27 heavy (non-hydrogen) atoms. The average molecular weight is 401 g/mol. The fraction of sp³-hybridized carbons (Fsp3) is 0.435. The molecule has 0 aliphatic heterocycles. The highest BCUT2D eigenvalue weighted by molar-refractivity contribution is 7.98. The van der Waals surface area contributed by atoms with Crippen molar-refractivity contribution in [3.05, 3.63) is 59.4 Å². The lowest BCUT2D eigenvalue weighted by molar-refractivity contribution is 0.549. The molecular weight excluding hydrogens is 372 g/mol. The molecule has 2 nitrogen and oxygen atoms in total. The molecule has 1 heterocycles. The van der Waals surface area contributed by atoms with Crippen LogP contribution in [0.3, 0.4) is 0 Å². The first-order chi connectivity index (χ1) is 13.3. The zero-order chi connectivity index (χ0) is 18.9. The number of imidazole rings is 1. The highest BCUT2D eigenvalue weighted by Gasteiger charge is 2.10. The standard InChI is InChI=1S/C23H29ClN2S/c1-2-3-4-5-6-7-10-17-26-22-12-9-8-11-21(22)25-23(26)18-27-20-15-13-19(24)14-16-20/h8-9,11-16H,2-7,10,17-18H2,1H3. The number of halogens is 1. The number of para-hydroxylation sites is 2. The SMILES string of the molecule is CCCCCCCCCn1c(CSc2ccc(Cl)cc2)nc2ccccc21. The van der Waals surface area contributed by atoms with E-state index in [9.17, 15) is 0 Å². The molecule has 0 bridgehead atoms. The summed E-state index contributed by atoms with van der Waals surface area (Å²) in [5, 5.41) is 0.783. The van der Waals surface area contributed by atoms with Crippen LogP contribution in [0.5, 0.6) is 0 Å². The van der Waals surface area contributed by atoms with Gasteiger partial charge in [-0.15, -0.1) is 11.8 Å². The Morgan fingerprint density at radius 1 is 0.889 bits per heavy atom. The van der Waals surface area contributed by atoms with Gasteiger partial charge in [-0.25, -0.2) is 4.98 Å². The van der Waals surface area contributed by atoms with Crippen LogP contribution >= 0.6 is 23.4 Å². The topological polar surface area (TPSA) is 17.8 Å². The van der Waals surface area contributed by atoms with Gasteiger partial charge in [-0.2, -0.15) is 0 Å². The van der Waals surface area contributed by atoms with E-state index in [2.05, 4.69) is 47.9 Å². The zero-order valence-corrected chi connectivity index (χ0v) is 17.7. The van der Waals surface area contributed by atoms with E-state index in [-0.39, 0.29) is 0 Å². The van der Waals surface area contributed by atoms with Gasteiger partial charge < -0.3 is 4.57 Å². The molecule has 3 aromatic rings. The van der Waals surface area contributed by atoms with Crippen LogP contribution < -0.4 is 0 Å². The van der Waals surface area contributed by atoms with Gasteiger partial charge in [0, 0.05) is 16.5 Å². The summed E-state index contributed by atoms with van der Waals surface area (Å²) in [6.45, 7) is 3.33. The molecule has 0 saturated carbocycles. The summed E-state index contributed by atoms with van der Waals surface area (Å²) in [5.41, 5.74) is 2.36. The summed E-state index contributed by atoms with van der Waals surface area (Å²) in [4.78, 5) is 6.13. The summed E-state index contributed by atoms with van der Waals surface area (Å²) in [6, 6.07) is 16.6. The summed E-state index contributed by atoms with van der Waals surface area (Å²) in [6.07, 6.45) is 9.33. The van der Waals surface area contributed by atoms with Crippen LogP contribution in [0.2, 0.25) is 5.02 Å². The predicted molar refractivity (Wildman–Crippen MR) is 119 cm³/mol. The molecule has 4 heteroatoms. The molecule has 0 saturated heterocycles. The Labute approximate surface area is 172 Å². The van der Waals surface area contributed by atoms with Crippen molar-refractivity contribution in [2.75, 3.05) is 0 Å². The lowest BCUT2D eigenvalue weighted by Crippen LogP contribution is -2.03. The zero-order valence-electron chi connectivity index (χ0n) is 16.2. The largest absolute Gasteiger partial charge is 0.327 e. The number of fused-ring (bicyclic) bond motifs is 1. The fourth-order valence-electron chi connectivity index (χ4n) is 3.39. The number of hydrogen-bond acceptors (Lipinski definition) is 2. The van der Waals surface area contributed by atoms with Gasteiger partial charge >= 0.3 is 0 Å². The van der Waals surface area contributed by atoms with Gasteiger partial charge in [-0.05, 0) is 42.8 Å². The Hall–Kier alpha value is -1.45. The van der Waals surface area contributed by atoms with Gasteiger partial charge in [0.05, 0.1) is 16.8 Å². The van der Waals surface area contributed by atoms with Crippen LogP contribution in [0, 0.1) is 0 Å². The van der Waals surface area contributed by atoms with Crippen molar-refractivity contribution < 1.29 is 0 Å². The monoisotopic (exact) mass is 400 g/mol. The van der Waals surface area contributed by atoms with Crippen molar-refractivity contribution in [1.29, 1.82) is 0 Å². The normalized spacial score (nSPS) is 11.3. The molecule has 3 rings (SSSR count). The Morgan fingerprint density at radius 2 is 1.59 bits per heavy atom. The molecule has 0 radical (unpaired) electrons. The molecule has 0 aliphatic rings. The maximum Gasteiger partial charge on any atom is 0.120 e. The van der Waals surface area contributed by atoms with E-state index in [0.29, 0.717) is 0 Å². The average Bonchev–Trinajstić information content (AvgIpc) is 3.04. The van der Waals surface area contributed by atoms with Crippen LogP contribution in [0.4, 0.5) is 0 Å². The molecule has 0 amide bonds. The van der Waals surface area contributed by atoms with Crippen LogP contribution in [0.25, 0.3) is 11.0 Å². The molecule has 1 aromatic heterocycles. The quantitative estimate of drug-likeness (QED) is 0.242. The summed E-state index contributed by atoms with van der Waals surface area (Å²) in [5.74, 6) is 2.05. The van der Waals surface area contributed by atoms with Crippen molar-refractivity contribution in [1.82, 2.24) is 9.55 Å². The van der Waals surface area contributed by atoms with Crippen LogP contribution in [-0.4, -0.2) is 9.55 Å². The minimum Gasteiger partial charge on any atom is -0.327 e. The maximum atomic E-state index is 5.99. The van der Waals surface area contributed by atoms with E-state index in [1.807, 2.05) is 23.9 Å². The van der Waals surface area contributed by atoms with Gasteiger partial charge in [-0.3, -0.25) is 0 Å². The smallest absolute Gasteiger partial charge is 0.120 e. The molecule has 0 aliphatic carbocycles. The molecular formula is C23H29ClN2S. The first-order valence-electron chi connectivity index (χ1n) is 10.1. The van der Waals surface area contributed by atoms with E-state index < -0.39 is 0 Å². The van der Waals surface area contributed by atoms with Gasteiger partial charge in [0.1, 0.15) is 5.82 Å². The first-order valence-corrected chi connectivity index (χ1v) is 11.5. The molecule has 0 spiro atoms. The first kappa shape index (κ1) is 20.3. The summed E-state index contributed by atoms with van der Waals surface area (Å²) >= 11 is 7.82. The highest BCUT2D eigenvalue weighted by atomic mass is 35.5. The number of aromatic nitrogens is 2. The predicted octanol–water partition coefficient (Wildman–Crippen LogP) is 7.73. The summed E-state index contributed by atoms with van der Waals surface area (Å²) < 4.78 is 2.42. The van der Waals surface area contributed by atoms with Crippen LogP contribution in [-0.2, 0) is 12.3 Å². The van der Waals surface area contributed by atoms with Crippen molar-refractivity contribution in [2.45, 2.75) is 69.1 Å². The Bertz CT molecular complexity index is 826. The number of rotatable bonds is 11. The highest BCUT2D eigenvalue weighted by Crippen LogP contribution is 2.26. The lowest BCUT2D eigenvalue weighted by atomic mass is 10.1. The second-order valence-corrected chi connectivity index (χ2v) is 8.52. The number of hydrogen-bond donors (Lipinski definition) is 0. The molecule has 144 valence electrons. The third-order valence-electron chi connectivity index (χ3n) is 4.90. The van der Waals surface area contributed by atoms with Gasteiger partial charge in [0.2, 0.25) is 0 Å². The van der Waals surface area contributed by atoms with Gasteiger partial charge in [-0.1, -0.05) is 69.2 Å². The van der Waals surface area contributed by atoms with E-state index in [4.69, 9.17) is 16.6 Å². The van der Waals surface area contributed by atoms with Gasteiger partial charge in [0.25, 0.3) is 0 Å². The van der Waals surface area contributed by atoms with E-state index >= 15 is 0 Å². The molecule has 2 aromatic carbocycles. The molecule has 0 atom stereocenters. The number of thioether (sulfide) groups is 1.